The van der Waals surface area contributed by atoms with Crippen molar-refractivity contribution in [3.05, 3.63) is 144 Å². The lowest BCUT2D eigenvalue weighted by Crippen LogP contribution is -2.58. The molecule has 3 aliphatic rings. The second kappa shape index (κ2) is 19.3. The minimum atomic E-state index is -1.49. The molecule has 1 unspecified atom stereocenters. The van der Waals surface area contributed by atoms with Crippen molar-refractivity contribution >= 4 is 5.97 Å². The van der Waals surface area contributed by atoms with Gasteiger partial charge in [0.05, 0.1) is 12.2 Å². The molecule has 57 heavy (non-hydrogen) atoms. The minimum absolute atomic E-state index is 0.0371. The molecule has 0 bridgehead atoms. The Kier molecular flexibility index (Phi) is 14.0. The lowest BCUT2D eigenvalue weighted by Gasteiger charge is -2.38. The number of phenols is 2. The molecule has 300 valence electrons. The molecule has 3 heterocycles. The smallest absolute Gasteiger partial charge is 0.340 e. The van der Waals surface area contributed by atoms with Crippen molar-refractivity contribution in [1.82, 2.24) is 0 Å². The van der Waals surface area contributed by atoms with Gasteiger partial charge in [0.1, 0.15) is 47.4 Å². The summed E-state index contributed by atoms with van der Waals surface area (Å²) in [6.07, 6.45) is 0.530. The maximum Gasteiger partial charge on any atom is 0.340 e. The predicted octanol–water partition coefficient (Wildman–Crippen LogP) is 7.18. The van der Waals surface area contributed by atoms with Gasteiger partial charge in [-0.25, -0.2) is 4.79 Å². The van der Waals surface area contributed by atoms with Crippen LogP contribution in [-0.2, 0) is 19.8 Å². The van der Waals surface area contributed by atoms with E-state index in [2.05, 4.69) is 55.5 Å². The van der Waals surface area contributed by atoms with Gasteiger partial charge in [-0.3, -0.25) is 0 Å². The Hall–Kier alpha value is -5.27. The highest BCUT2D eigenvalue weighted by Crippen LogP contribution is 2.56. The van der Waals surface area contributed by atoms with E-state index in [0.717, 1.165) is 12.8 Å². The van der Waals surface area contributed by atoms with Crippen LogP contribution in [0.5, 0.6) is 23.0 Å². The Labute approximate surface area is 332 Å². The number of aliphatic hydroxyl groups is 4. The van der Waals surface area contributed by atoms with E-state index >= 15 is 0 Å². The van der Waals surface area contributed by atoms with Gasteiger partial charge in [-0.1, -0.05) is 118 Å². The summed E-state index contributed by atoms with van der Waals surface area (Å²) in [5, 5.41) is 57.6. The molecule has 3 aliphatic heterocycles. The second-order valence-electron chi connectivity index (χ2n) is 14.2. The molecular formula is C46H50O11. The fourth-order valence-corrected chi connectivity index (χ4v) is 7.17. The molecule has 6 N–H and O–H groups in total. The molecule has 1 spiro atoms. The number of fused-ring (bicyclic) bond motifs is 6. The molecule has 0 aromatic heterocycles. The Bertz CT molecular complexity index is 1970. The van der Waals surface area contributed by atoms with E-state index in [1.54, 1.807) is 24.3 Å². The molecule has 0 amide bonds. The van der Waals surface area contributed by atoms with E-state index in [1.807, 2.05) is 24.3 Å². The summed E-state index contributed by atoms with van der Waals surface area (Å²) in [7, 11) is 0. The molecule has 1 saturated heterocycles. The van der Waals surface area contributed by atoms with Crippen LogP contribution in [0.1, 0.15) is 72.5 Å². The summed E-state index contributed by atoms with van der Waals surface area (Å²) in [6.45, 7) is 2.84. The number of unbranched alkanes of at least 4 members (excludes halogenated alkanes) is 5. The van der Waals surface area contributed by atoms with Crippen LogP contribution >= 0.6 is 0 Å². The van der Waals surface area contributed by atoms with Crippen molar-refractivity contribution in [3.8, 4) is 34.1 Å². The van der Waals surface area contributed by atoms with Crippen LogP contribution in [0.4, 0.5) is 0 Å². The molecule has 0 saturated carbocycles. The number of benzene rings is 5. The number of rotatable bonds is 10. The van der Waals surface area contributed by atoms with Crippen LogP contribution in [0.15, 0.2) is 121 Å². The van der Waals surface area contributed by atoms with Gasteiger partial charge < -0.3 is 49.6 Å². The van der Waals surface area contributed by atoms with Gasteiger partial charge in [0.2, 0.25) is 0 Å². The normalized spacial score (nSPS) is 21.0. The van der Waals surface area contributed by atoms with Crippen LogP contribution in [0, 0.1) is 0 Å². The largest absolute Gasteiger partial charge is 0.508 e. The standard InChI is InChI=1S/C20H12O5.C14H28O6.C12H10/c21-11-5-7-15-17(9-11)24-18-10-12(22)6-8-16(18)20(15)14-4-2-1-3-13(14)19(23)25-20;1-2-3-4-5-6-7-8-19-9-10-11(15)12(16)13(17)14(18)20-10;1-3-7-11(8-4-1)12-9-5-2-6-10-12/h1-10,21-22H;10-18H,2-9H2,1H3;1-10H/t;10-,11-,12+,13+,14?;/m.1./s1. The number of aliphatic hydroxyl groups excluding tert-OH is 4. The average Bonchev–Trinajstić information content (AvgIpc) is 3.52. The van der Waals surface area contributed by atoms with Crippen molar-refractivity contribution in [3.63, 3.8) is 0 Å². The Morgan fingerprint density at radius 1 is 0.614 bits per heavy atom. The fourth-order valence-electron chi connectivity index (χ4n) is 7.17. The van der Waals surface area contributed by atoms with Crippen LogP contribution in [0.3, 0.4) is 0 Å². The SMILES string of the molecule is CCCCCCCCOC[C@H]1OC(O)[C@@H](O)[C@@H](O)[C@@H]1O.O=C1OC2(c3ccc(O)cc3Oc3cc(O)ccc32)c2ccccc21.c1ccc(-c2ccccc2)cc1. The Morgan fingerprint density at radius 3 is 1.75 bits per heavy atom. The van der Waals surface area contributed by atoms with E-state index in [4.69, 9.17) is 18.9 Å². The number of esters is 1. The third kappa shape index (κ3) is 9.48. The van der Waals surface area contributed by atoms with Crippen molar-refractivity contribution in [2.45, 2.75) is 81.8 Å². The first kappa shape index (κ1) is 41.4. The van der Waals surface area contributed by atoms with E-state index in [9.17, 15) is 35.4 Å². The van der Waals surface area contributed by atoms with Crippen molar-refractivity contribution in [2.75, 3.05) is 13.2 Å². The summed E-state index contributed by atoms with van der Waals surface area (Å²) in [6, 6.07) is 37.4. The maximum atomic E-state index is 12.5. The number of carbonyl (C=O) groups excluding carboxylic acids is 1. The zero-order valence-corrected chi connectivity index (χ0v) is 31.8. The number of ether oxygens (including phenoxy) is 4. The third-order valence-electron chi connectivity index (χ3n) is 10.2. The van der Waals surface area contributed by atoms with Gasteiger partial charge in [0, 0.05) is 35.4 Å². The minimum Gasteiger partial charge on any atom is -0.508 e. The fraction of sp³-hybridized carbons (Fsp3) is 0.326. The third-order valence-corrected chi connectivity index (χ3v) is 10.2. The quantitative estimate of drug-likeness (QED) is 0.0626. The van der Waals surface area contributed by atoms with Gasteiger partial charge in [0.25, 0.3) is 0 Å². The summed E-state index contributed by atoms with van der Waals surface area (Å²) >= 11 is 0. The van der Waals surface area contributed by atoms with E-state index in [1.165, 1.54) is 61.1 Å². The van der Waals surface area contributed by atoms with Crippen LogP contribution in [0.25, 0.3) is 11.1 Å². The zero-order valence-electron chi connectivity index (χ0n) is 31.8. The second-order valence-corrected chi connectivity index (χ2v) is 14.2. The number of hydrogen-bond donors (Lipinski definition) is 6. The zero-order chi connectivity index (χ0) is 40.4. The highest BCUT2D eigenvalue weighted by molar-refractivity contribution is 5.97. The van der Waals surface area contributed by atoms with Crippen molar-refractivity contribution in [1.29, 1.82) is 0 Å². The van der Waals surface area contributed by atoms with E-state index in [0.29, 0.717) is 40.4 Å². The molecule has 5 aromatic rings. The van der Waals surface area contributed by atoms with Crippen LogP contribution in [-0.4, -0.2) is 80.5 Å². The van der Waals surface area contributed by atoms with Crippen molar-refractivity contribution in [2.24, 2.45) is 0 Å². The first-order chi connectivity index (χ1) is 27.6. The van der Waals surface area contributed by atoms with Gasteiger partial charge in [-0.2, -0.15) is 0 Å². The lowest BCUT2D eigenvalue weighted by molar-refractivity contribution is -0.288. The average molecular weight is 779 g/mol. The van der Waals surface area contributed by atoms with Crippen LogP contribution in [0.2, 0.25) is 0 Å². The molecule has 11 heteroatoms. The maximum absolute atomic E-state index is 12.5. The van der Waals surface area contributed by atoms with E-state index < -0.39 is 42.3 Å². The lowest BCUT2D eigenvalue weighted by atomic mass is 9.77. The molecule has 0 aliphatic carbocycles. The first-order valence-corrected chi connectivity index (χ1v) is 19.4. The summed E-state index contributed by atoms with van der Waals surface area (Å²) in [4.78, 5) is 12.5. The monoisotopic (exact) mass is 778 g/mol. The van der Waals surface area contributed by atoms with Gasteiger partial charge >= 0.3 is 5.97 Å². The predicted molar refractivity (Wildman–Crippen MR) is 213 cm³/mol. The van der Waals surface area contributed by atoms with Gasteiger partial charge in [0.15, 0.2) is 11.9 Å². The van der Waals surface area contributed by atoms with Gasteiger partial charge in [-0.05, 0) is 47.9 Å². The highest BCUT2D eigenvalue weighted by Gasteiger charge is 2.53. The summed E-state index contributed by atoms with van der Waals surface area (Å²) in [5.74, 6) is 0.408. The van der Waals surface area contributed by atoms with Crippen molar-refractivity contribution < 1.29 is 54.4 Å². The van der Waals surface area contributed by atoms with Crippen LogP contribution < -0.4 is 4.74 Å². The number of aromatic hydroxyl groups is 2. The highest BCUT2D eigenvalue weighted by atomic mass is 16.6. The molecule has 1 fully saturated rings. The molecule has 11 nitrogen and oxygen atoms in total. The Morgan fingerprint density at radius 2 is 1.16 bits per heavy atom. The Balaban J connectivity index is 0.000000154. The number of phenolic OH excluding ortho intramolecular Hbond substituents is 2. The molecule has 8 rings (SSSR count). The topological polar surface area (TPSA) is 175 Å². The number of hydrogen-bond acceptors (Lipinski definition) is 11. The number of carbonyl (C=O) groups is 1. The summed E-state index contributed by atoms with van der Waals surface area (Å²) < 4.78 is 22.2. The van der Waals surface area contributed by atoms with Gasteiger partial charge in [-0.15, -0.1) is 0 Å². The summed E-state index contributed by atoms with van der Waals surface area (Å²) in [5.41, 5.74) is 3.84. The first-order valence-electron chi connectivity index (χ1n) is 19.4. The van der Waals surface area contributed by atoms with E-state index in [-0.39, 0.29) is 18.1 Å². The molecule has 5 aromatic carbocycles. The molecule has 0 radical (unpaired) electrons. The molecule has 5 atom stereocenters. The molecular weight excluding hydrogens is 728 g/mol.